The van der Waals surface area contributed by atoms with E-state index in [0.717, 1.165) is 34.7 Å². The number of aromatic nitrogens is 2. The minimum atomic E-state index is -1.12. The number of hydrogen-bond donors (Lipinski definition) is 2. The first-order valence-corrected chi connectivity index (χ1v) is 12.6. The second kappa shape index (κ2) is 8.94. The first-order valence-electron chi connectivity index (χ1n) is 12.6. The Balaban J connectivity index is 1.52. The smallest absolute Gasteiger partial charge is 0.262 e. The van der Waals surface area contributed by atoms with Crippen LogP contribution < -0.4 is 0 Å². The van der Waals surface area contributed by atoms with Crippen LogP contribution in [0.4, 0.5) is 17.6 Å². The van der Waals surface area contributed by atoms with Gasteiger partial charge in [0.1, 0.15) is 0 Å². The molecular weight excluding hydrogens is 522 g/mol. The van der Waals surface area contributed by atoms with E-state index in [2.05, 4.69) is 30.7 Å². The molecule has 1 aliphatic rings. The molecule has 2 amide bonds. The Hall–Kier alpha value is -4.66. The SMILES string of the molecule is CC(C)(C)c1ccc(CN2C(=O)C(c3c[nH]c4cc(F)c(F)cc34)=C(c3c[nH]c4cc(F)c(F)cc34)C2=O)cc1. The fourth-order valence-electron chi connectivity index (χ4n) is 5.16. The summed E-state index contributed by atoms with van der Waals surface area (Å²) < 4.78 is 56.4. The van der Waals surface area contributed by atoms with Gasteiger partial charge in [-0.1, -0.05) is 45.0 Å². The molecule has 0 bridgehead atoms. The molecule has 0 radical (unpaired) electrons. The second-order valence-electron chi connectivity index (χ2n) is 10.9. The van der Waals surface area contributed by atoms with Gasteiger partial charge in [0.2, 0.25) is 0 Å². The van der Waals surface area contributed by atoms with Crippen molar-refractivity contribution < 1.29 is 27.2 Å². The Labute approximate surface area is 226 Å². The number of carbonyl (C=O) groups excluding carboxylic acids is 2. The third kappa shape index (κ3) is 4.00. The van der Waals surface area contributed by atoms with Crippen LogP contribution >= 0.6 is 0 Å². The van der Waals surface area contributed by atoms with Crippen LogP contribution in [0.5, 0.6) is 0 Å². The van der Waals surface area contributed by atoms with Crippen molar-refractivity contribution in [2.75, 3.05) is 0 Å². The van der Waals surface area contributed by atoms with Gasteiger partial charge >= 0.3 is 0 Å². The Morgan fingerprint density at radius 1 is 0.675 bits per heavy atom. The van der Waals surface area contributed by atoms with Crippen LogP contribution in [0.25, 0.3) is 33.0 Å². The summed E-state index contributed by atoms with van der Waals surface area (Å²) >= 11 is 0. The molecule has 2 aromatic heterocycles. The van der Waals surface area contributed by atoms with Crippen molar-refractivity contribution in [3.63, 3.8) is 0 Å². The molecule has 0 unspecified atom stereocenters. The van der Waals surface area contributed by atoms with Gasteiger partial charge in [-0.2, -0.15) is 0 Å². The normalized spacial score (nSPS) is 14.4. The van der Waals surface area contributed by atoms with E-state index in [1.54, 1.807) is 0 Å². The number of aromatic amines is 2. The molecule has 3 heterocycles. The Kier molecular flexibility index (Phi) is 5.72. The van der Waals surface area contributed by atoms with Gasteiger partial charge in [-0.15, -0.1) is 0 Å². The molecule has 0 saturated heterocycles. The summed E-state index contributed by atoms with van der Waals surface area (Å²) in [5, 5.41) is 0.391. The number of nitrogens with one attached hydrogen (secondary N) is 2. The molecule has 0 saturated carbocycles. The number of halogens is 4. The van der Waals surface area contributed by atoms with Crippen molar-refractivity contribution >= 4 is 44.8 Å². The summed E-state index contributed by atoms with van der Waals surface area (Å²) in [4.78, 5) is 34.6. The van der Waals surface area contributed by atoms with Gasteiger partial charge in [0.25, 0.3) is 11.8 Å². The number of H-pyrrole nitrogens is 2. The number of amides is 2. The first-order chi connectivity index (χ1) is 18.9. The van der Waals surface area contributed by atoms with E-state index < -0.39 is 35.1 Å². The molecule has 2 N–H and O–H groups in total. The van der Waals surface area contributed by atoms with Crippen molar-refractivity contribution in [3.05, 3.63) is 106 Å². The van der Waals surface area contributed by atoms with Gasteiger partial charge in [0, 0.05) is 57.5 Å². The molecule has 5 nitrogen and oxygen atoms in total. The number of carbonyl (C=O) groups is 2. The quantitative estimate of drug-likeness (QED) is 0.189. The van der Waals surface area contributed by atoms with Crippen LogP contribution in [0.15, 0.2) is 60.9 Å². The number of rotatable bonds is 4. The van der Waals surface area contributed by atoms with E-state index in [-0.39, 0.29) is 56.0 Å². The summed E-state index contributed by atoms with van der Waals surface area (Å²) in [5.74, 6) is -5.68. The molecule has 3 aromatic carbocycles. The molecule has 0 spiro atoms. The van der Waals surface area contributed by atoms with Crippen LogP contribution in [0.3, 0.4) is 0 Å². The van der Waals surface area contributed by atoms with Crippen molar-refractivity contribution in [2.24, 2.45) is 0 Å². The highest BCUT2D eigenvalue weighted by molar-refractivity contribution is 6.50. The van der Waals surface area contributed by atoms with E-state index in [4.69, 9.17) is 0 Å². The molecule has 9 heteroatoms. The van der Waals surface area contributed by atoms with Crippen LogP contribution in [0.1, 0.15) is 43.0 Å². The number of hydrogen-bond acceptors (Lipinski definition) is 2. The number of fused-ring (bicyclic) bond motifs is 2. The first kappa shape index (κ1) is 25.6. The highest BCUT2D eigenvalue weighted by Gasteiger charge is 2.41. The Morgan fingerprint density at radius 3 is 1.52 bits per heavy atom. The molecule has 5 aromatic rings. The zero-order chi connectivity index (χ0) is 28.5. The van der Waals surface area contributed by atoms with Crippen LogP contribution in [-0.2, 0) is 21.5 Å². The molecule has 40 heavy (non-hydrogen) atoms. The topological polar surface area (TPSA) is 69.0 Å². The average molecular weight is 546 g/mol. The van der Waals surface area contributed by atoms with Crippen LogP contribution in [0.2, 0.25) is 0 Å². The number of nitrogens with zero attached hydrogens (tertiary/aromatic N) is 1. The maximum atomic E-state index is 14.3. The summed E-state index contributed by atoms with van der Waals surface area (Å²) in [6.45, 7) is 6.17. The van der Waals surface area contributed by atoms with Crippen LogP contribution in [0, 0.1) is 23.3 Å². The zero-order valence-electron chi connectivity index (χ0n) is 21.8. The minimum absolute atomic E-state index is 0.0498. The monoisotopic (exact) mass is 545 g/mol. The lowest BCUT2D eigenvalue weighted by atomic mass is 9.87. The van der Waals surface area contributed by atoms with E-state index in [1.807, 2.05) is 24.3 Å². The predicted octanol–water partition coefficient (Wildman–Crippen LogP) is 6.98. The molecule has 0 atom stereocenters. The van der Waals surface area contributed by atoms with E-state index >= 15 is 0 Å². The Morgan fingerprint density at radius 2 is 1.10 bits per heavy atom. The van der Waals surface area contributed by atoms with Gasteiger partial charge in [0.05, 0.1) is 17.7 Å². The summed E-state index contributed by atoms with van der Waals surface area (Å²) in [7, 11) is 0. The zero-order valence-corrected chi connectivity index (χ0v) is 21.8. The van der Waals surface area contributed by atoms with Crippen molar-refractivity contribution in [1.82, 2.24) is 14.9 Å². The number of benzene rings is 3. The van der Waals surface area contributed by atoms with Gasteiger partial charge < -0.3 is 9.97 Å². The minimum Gasteiger partial charge on any atom is -0.360 e. The molecule has 0 fully saturated rings. The molecular formula is C31H23F4N3O2. The third-order valence-electron chi connectivity index (χ3n) is 7.31. The van der Waals surface area contributed by atoms with Gasteiger partial charge in [-0.3, -0.25) is 14.5 Å². The van der Waals surface area contributed by atoms with E-state index in [0.29, 0.717) is 5.56 Å². The lowest BCUT2D eigenvalue weighted by Gasteiger charge is -2.20. The standard InChI is InChI=1S/C31H23F4N3O2/c1-31(2,3)16-6-4-15(5-7-16)14-38-29(39)27(19-12-36-25-10-23(34)21(32)8-17(19)25)28(30(38)40)20-13-37-26-11-24(35)22(33)9-18(20)26/h4-13,36-37H,14H2,1-3H3. The summed E-state index contributed by atoms with van der Waals surface area (Å²) in [6.07, 6.45) is 2.81. The third-order valence-corrected chi connectivity index (χ3v) is 7.31. The van der Waals surface area contributed by atoms with Crippen molar-refractivity contribution in [2.45, 2.75) is 32.7 Å². The van der Waals surface area contributed by atoms with Crippen LogP contribution in [-0.4, -0.2) is 26.7 Å². The van der Waals surface area contributed by atoms with Gasteiger partial charge in [-0.05, 0) is 28.7 Å². The molecule has 202 valence electrons. The molecule has 0 aliphatic carbocycles. The maximum absolute atomic E-state index is 14.3. The summed E-state index contributed by atoms with van der Waals surface area (Å²) in [6, 6.07) is 11.4. The maximum Gasteiger partial charge on any atom is 0.262 e. The highest BCUT2D eigenvalue weighted by atomic mass is 19.2. The van der Waals surface area contributed by atoms with Gasteiger partial charge in [-0.25, -0.2) is 17.6 Å². The molecule has 1 aliphatic heterocycles. The summed E-state index contributed by atoms with van der Waals surface area (Å²) in [5.41, 5.74) is 2.40. The van der Waals surface area contributed by atoms with E-state index in [1.165, 1.54) is 12.4 Å². The van der Waals surface area contributed by atoms with E-state index in [9.17, 15) is 27.2 Å². The van der Waals surface area contributed by atoms with Crippen molar-refractivity contribution in [3.8, 4) is 0 Å². The Bertz CT molecular complexity index is 1780. The average Bonchev–Trinajstić information content (AvgIpc) is 3.54. The fourth-order valence-corrected chi connectivity index (χ4v) is 5.16. The number of imide groups is 1. The second-order valence-corrected chi connectivity index (χ2v) is 10.9. The fraction of sp³-hybridized carbons (Fsp3) is 0.161. The van der Waals surface area contributed by atoms with Gasteiger partial charge in [0.15, 0.2) is 23.3 Å². The lowest BCUT2D eigenvalue weighted by molar-refractivity contribution is -0.136. The lowest BCUT2D eigenvalue weighted by Crippen LogP contribution is -2.31. The largest absolute Gasteiger partial charge is 0.360 e. The van der Waals surface area contributed by atoms with Crippen molar-refractivity contribution in [1.29, 1.82) is 0 Å². The highest BCUT2D eigenvalue weighted by Crippen LogP contribution is 2.42. The predicted molar refractivity (Wildman–Crippen MR) is 144 cm³/mol. The molecule has 6 rings (SSSR count).